The molecule has 1 heterocycles. The lowest BCUT2D eigenvalue weighted by Gasteiger charge is -2.13. The molecule has 0 bridgehead atoms. The fraction of sp³-hybridized carbons (Fsp3) is 0.458. The molecule has 28 heavy (non-hydrogen) atoms. The molecular formula is C24H32N2O2. The van der Waals surface area contributed by atoms with E-state index in [2.05, 4.69) is 24.2 Å². The lowest BCUT2D eigenvalue weighted by Crippen LogP contribution is -2.24. The van der Waals surface area contributed by atoms with Gasteiger partial charge in [0.05, 0.1) is 18.3 Å². The van der Waals surface area contributed by atoms with Crippen molar-refractivity contribution in [1.82, 2.24) is 9.78 Å². The second-order valence-electron chi connectivity index (χ2n) is 7.51. The van der Waals surface area contributed by atoms with Crippen LogP contribution in [0.1, 0.15) is 51.0 Å². The van der Waals surface area contributed by atoms with Crippen LogP contribution in [0, 0.1) is 0 Å². The lowest BCUT2D eigenvalue weighted by molar-refractivity contribution is 0.0905. The average Bonchev–Trinajstić information content (AvgIpc) is 3.13. The molecule has 0 amide bonds. The first kappa shape index (κ1) is 20.4. The number of unbranched alkanes of at least 4 members (excludes halogenated alkanes) is 5. The first-order valence-electron chi connectivity index (χ1n) is 10.6. The fourth-order valence-electron chi connectivity index (χ4n) is 3.48. The number of aliphatic hydroxyl groups excluding tert-OH is 1. The molecule has 0 spiro atoms. The summed E-state index contributed by atoms with van der Waals surface area (Å²) in [7, 11) is 0. The van der Waals surface area contributed by atoms with E-state index in [1.807, 2.05) is 47.3 Å². The minimum absolute atomic E-state index is 0.255. The van der Waals surface area contributed by atoms with Gasteiger partial charge < -0.3 is 9.84 Å². The number of para-hydroxylation sites is 1. The van der Waals surface area contributed by atoms with Gasteiger partial charge in [0.2, 0.25) is 0 Å². The molecule has 0 saturated heterocycles. The van der Waals surface area contributed by atoms with Crippen molar-refractivity contribution in [3.8, 4) is 5.75 Å². The Morgan fingerprint density at radius 1 is 0.964 bits per heavy atom. The third-order valence-electron chi connectivity index (χ3n) is 5.12. The number of aromatic nitrogens is 2. The van der Waals surface area contributed by atoms with Gasteiger partial charge in [-0.15, -0.1) is 0 Å². The summed E-state index contributed by atoms with van der Waals surface area (Å²) in [5, 5.41) is 15.8. The Morgan fingerprint density at radius 3 is 2.54 bits per heavy atom. The molecule has 1 unspecified atom stereocenters. The van der Waals surface area contributed by atoms with E-state index in [9.17, 15) is 5.11 Å². The molecule has 4 nitrogen and oxygen atoms in total. The summed E-state index contributed by atoms with van der Waals surface area (Å²) in [4.78, 5) is 0. The molecule has 1 N–H and O–H groups in total. The molecule has 3 rings (SSSR count). The normalized spacial score (nSPS) is 12.4. The second kappa shape index (κ2) is 10.9. The Morgan fingerprint density at radius 2 is 1.71 bits per heavy atom. The maximum Gasteiger partial charge on any atom is 0.119 e. The molecule has 1 aromatic heterocycles. The van der Waals surface area contributed by atoms with Crippen molar-refractivity contribution >= 4 is 10.9 Å². The lowest BCUT2D eigenvalue weighted by atomic mass is 10.0. The molecule has 0 radical (unpaired) electrons. The van der Waals surface area contributed by atoms with E-state index in [1.165, 1.54) is 44.1 Å². The standard InChI is InChI=1S/C24H32N2O2/c1-2-3-4-5-6-7-10-20-13-15-23(16-14-20)28-19-22(27)18-26-24-12-9-8-11-21(24)17-25-26/h8-9,11-17,22,27H,2-7,10,18-19H2,1H3. The molecule has 0 aliphatic carbocycles. The van der Waals surface area contributed by atoms with Gasteiger partial charge in [-0.05, 0) is 36.6 Å². The molecule has 3 aromatic rings. The largest absolute Gasteiger partial charge is 0.491 e. The van der Waals surface area contributed by atoms with Gasteiger partial charge in [0.1, 0.15) is 18.5 Å². The van der Waals surface area contributed by atoms with E-state index in [0.29, 0.717) is 6.54 Å². The number of benzene rings is 2. The number of ether oxygens (including phenoxy) is 1. The highest BCUT2D eigenvalue weighted by Crippen LogP contribution is 2.16. The topological polar surface area (TPSA) is 47.3 Å². The number of aryl methyl sites for hydroxylation is 1. The summed E-state index contributed by atoms with van der Waals surface area (Å²) >= 11 is 0. The van der Waals surface area contributed by atoms with Crippen molar-refractivity contribution < 1.29 is 9.84 Å². The number of rotatable bonds is 12. The zero-order valence-electron chi connectivity index (χ0n) is 16.9. The van der Waals surface area contributed by atoms with Crippen molar-refractivity contribution in [2.75, 3.05) is 6.61 Å². The Balaban J connectivity index is 1.39. The van der Waals surface area contributed by atoms with E-state index < -0.39 is 6.10 Å². The van der Waals surface area contributed by atoms with Crippen LogP contribution in [0.3, 0.4) is 0 Å². The van der Waals surface area contributed by atoms with Gasteiger partial charge in [-0.2, -0.15) is 5.10 Å². The Kier molecular flexibility index (Phi) is 7.92. The smallest absolute Gasteiger partial charge is 0.119 e. The van der Waals surface area contributed by atoms with Crippen LogP contribution in [0.15, 0.2) is 54.7 Å². The SMILES string of the molecule is CCCCCCCCc1ccc(OCC(O)Cn2ncc3ccccc32)cc1. The molecule has 0 aliphatic rings. The minimum Gasteiger partial charge on any atom is -0.491 e. The van der Waals surface area contributed by atoms with Crippen LogP contribution in [0.25, 0.3) is 10.9 Å². The third kappa shape index (κ3) is 6.10. The monoisotopic (exact) mass is 380 g/mol. The van der Waals surface area contributed by atoms with Crippen LogP contribution in [0.4, 0.5) is 0 Å². The van der Waals surface area contributed by atoms with Crippen molar-refractivity contribution in [3.63, 3.8) is 0 Å². The Bertz CT molecular complexity index is 826. The molecular weight excluding hydrogens is 348 g/mol. The van der Waals surface area contributed by atoms with E-state index in [1.54, 1.807) is 0 Å². The van der Waals surface area contributed by atoms with Crippen molar-refractivity contribution in [1.29, 1.82) is 0 Å². The average molecular weight is 381 g/mol. The quantitative estimate of drug-likeness (QED) is 0.429. The predicted molar refractivity (Wildman–Crippen MR) is 115 cm³/mol. The molecule has 0 saturated carbocycles. The first-order valence-corrected chi connectivity index (χ1v) is 10.6. The summed E-state index contributed by atoms with van der Waals surface area (Å²) in [6.07, 6.45) is 10.3. The van der Waals surface area contributed by atoms with Gasteiger partial charge in [-0.3, -0.25) is 4.68 Å². The summed E-state index contributed by atoms with van der Waals surface area (Å²) in [6.45, 7) is 2.93. The van der Waals surface area contributed by atoms with Crippen LogP contribution in [-0.2, 0) is 13.0 Å². The zero-order valence-corrected chi connectivity index (χ0v) is 16.9. The van der Waals surface area contributed by atoms with Crippen molar-refractivity contribution in [2.24, 2.45) is 0 Å². The summed E-state index contributed by atoms with van der Waals surface area (Å²) in [6, 6.07) is 16.3. The van der Waals surface area contributed by atoms with Gasteiger partial charge in [0, 0.05) is 5.39 Å². The highest BCUT2D eigenvalue weighted by molar-refractivity contribution is 5.78. The van der Waals surface area contributed by atoms with Gasteiger partial charge in [-0.1, -0.05) is 69.4 Å². The fourth-order valence-corrected chi connectivity index (χ4v) is 3.48. The highest BCUT2D eigenvalue weighted by Gasteiger charge is 2.10. The molecule has 2 aromatic carbocycles. The Labute approximate surface area is 168 Å². The van der Waals surface area contributed by atoms with Gasteiger partial charge in [0.15, 0.2) is 0 Å². The van der Waals surface area contributed by atoms with Gasteiger partial charge in [0.25, 0.3) is 0 Å². The molecule has 150 valence electrons. The van der Waals surface area contributed by atoms with Crippen LogP contribution in [0.2, 0.25) is 0 Å². The van der Waals surface area contributed by atoms with Crippen LogP contribution in [-0.4, -0.2) is 27.6 Å². The van der Waals surface area contributed by atoms with Crippen LogP contribution < -0.4 is 4.74 Å². The van der Waals surface area contributed by atoms with Crippen LogP contribution >= 0.6 is 0 Å². The number of hydrogen-bond donors (Lipinski definition) is 1. The number of fused-ring (bicyclic) bond motifs is 1. The van der Waals surface area contributed by atoms with E-state index in [0.717, 1.165) is 23.1 Å². The van der Waals surface area contributed by atoms with Crippen LogP contribution in [0.5, 0.6) is 5.75 Å². The molecule has 0 aliphatic heterocycles. The summed E-state index contributed by atoms with van der Waals surface area (Å²) in [5.74, 6) is 0.802. The molecule has 4 heteroatoms. The highest BCUT2D eigenvalue weighted by atomic mass is 16.5. The summed E-state index contributed by atoms with van der Waals surface area (Å²) < 4.78 is 7.59. The van der Waals surface area contributed by atoms with Gasteiger partial charge >= 0.3 is 0 Å². The number of aliphatic hydroxyl groups is 1. The zero-order chi connectivity index (χ0) is 19.6. The first-order chi connectivity index (χ1) is 13.8. The van der Waals surface area contributed by atoms with Crippen molar-refractivity contribution in [3.05, 3.63) is 60.3 Å². The van der Waals surface area contributed by atoms with E-state index >= 15 is 0 Å². The number of nitrogens with zero attached hydrogens (tertiary/aromatic N) is 2. The maximum absolute atomic E-state index is 10.3. The van der Waals surface area contributed by atoms with E-state index in [4.69, 9.17) is 4.74 Å². The number of hydrogen-bond acceptors (Lipinski definition) is 3. The third-order valence-corrected chi connectivity index (χ3v) is 5.12. The molecule has 1 atom stereocenters. The van der Waals surface area contributed by atoms with E-state index in [-0.39, 0.29) is 6.61 Å². The van der Waals surface area contributed by atoms with Gasteiger partial charge in [-0.25, -0.2) is 0 Å². The van der Waals surface area contributed by atoms with Crippen molar-refractivity contribution in [2.45, 2.75) is 64.5 Å². The molecule has 0 fully saturated rings. The predicted octanol–water partition coefficient (Wildman–Crippen LogP) is 5.38. The Hall–Kier alpha value is -2.33. The minimum atomic E-state index is -0.605. The summed E-state index contributed by atoms with van der Waals surface area (Å²) in [5.41, 5.74) is 2.38. The maximum atomic E-state index is 10.3. The second-order valence-corrected chi connectivity index (χ2v) is 7.51.